The van der Waals surface area contributed by atoms with Gasteiger partial charge in [0.15, 0.2) is 0 Å². The zero-order valence-corrected chi connectivity index (χ0v) is 10.8. The molecule has 0 heterocycles. The maximum absolute atomic E-state index is 12.8. The number of primary amides is 1. The molecule has 6 heteroatoms. The minimum Gasteiger partial charge on any atom is -0.493 e. The Morgan fingerprint density at radius 3 is 2.42 bits per heavy atom. The minimum atomic E-state index is -2.57. The maximum Gasteiger partial charge on any atom is 0.316 e. The molecule has 3 N–H and O–H groups in total. The summed E-state index contributed by atoms with van der Waals surface area (Å²) < 4.78 is 31.0. The first kappa shape index (κ1) is 13.6. The Hall–Kier alpha value is -1.85. The molecule has 19 heavy (non-hydrogen) atoms. The van der Waals surface area contributed by atoms with Crippen LogP contribution in [-0.2, 0) is 0 Å². The lowest BCUT2D eigenvalue weighted by atomic mass is 10.1. The van der Waals surface area contributed by atoms with Crippen molar-refractivity contribution < 1.29 is 18.3 Å². The molecule has 1 unspecified atom stereocenters. The molecule has 1 aromatic rings. The number of benzene rings is 1. The van der Waals surface area contributed by atoms with Crippen molar-refractivity contribution in [3.63, 3.8) is 0 Å². The number of nitrogens with one attached hydrogen (secondary N) is 1. The van der Waals surface area contributed by atoms with Crippen molar-refractivity contribution in [2.24, 2.45) is 11.7 Å². The molecule has 0 aromatic heterocycles. The fraction of sp³-hybridized carbons (Fsp3) is 0.462. The lowest BCUT2D eigenvalue weighted by molar-refractivity contribution is 0.0854. The fourth-order valence-electron chi connectivity index (χ4n) is 2.03. The second-order valence-corrected chi connectivity index (χ2v) is 4.90. The molecule has 104 valence electrons. The summed E-state index contributed by atoms with van der Waals surface area (Å²) in [5, 5.41) is 2.47. The first-order valence-electron chi connectivity index (χ1n) is 5.98. The Balaban J connectivity index is 2.06. The van der Waals surface area contributed by atoms with Crippen LogP contribution >= 0.6 is 0 Å². The Morgan fingerprint density at radius 1 is 1.47 bits per heavy atom. The van der Waals surface area contributed by atoms with Gasteiger partial charge < -0.3 is 15.8 Å². The third-order valence-electron chi connectivity index (χ3n) is 3.11. The van der Waals surface area contributed by atoms with Crippen LogP contribution in [0, 0.1) is 19.8 Å². The SMILES string of the molecule is Cc1cc(NC(N)=O)cc(C)c1OCC1CC1(F)F. The summed E-state index contributed by atoms with van der Waals surface area (Å²) in [5.74, 6) is -2.68. The highest BCUT2D eigenvalue weighted by Gasteiger charge is 2.57. The summed E-state index contributed by atoms with van der Waals surface area (Å²) in [4.78, 5) is 10.8. The standard InChI is InChI=1S/C13H16F2N2O2/c1-7-3-10(17-12(16)18)4-8(2)11(7)19-6-9-5-13(9,14)15/h3-4,9H,5-6H2,1-2H3,(H3,16,17,18). The molecule has 4 nitrogen and oxygen atoms in total. The van der Waals surface area contributed by atoms with Crippen molar-refractivity contribution in [2.45, 2.75) is 26.2 Å². The van der Waals surface area contributed by atoms with E-state index in [0.29, 0.717) is 11.4 Å². The summed E-state index contributed by atoms with van der Waals surface area (Å²) in [6.07, 6.45) is -0.105. The van der Waals surface area contributed by atoms with E-state index in [9.17, 15) is 13.6 Å². The van der Waals surface area contributed by atoms with E-state index in [2.05, 4.69) is 5.32 Å². The zero-order chi connectivity index (χ0) is 14.2. The number of alkyl halides is 2. The molecule has 1 aromatic carbocycles. The van der Waals surface area contributed by atoms with Crippen molar-refractivity contribution in [1.29, 1.82) is 0 Å². The number of hydrogen-bond donors (Lipinski definition) is 2. The highest BCUT2D eigenvalue weighted by atomic mass is 19.3. The molecule has 1 aliphatic rings. The predicted molar refractivity (Wildman–Crippen MR) is 67.7 cm³/mol. The third kappa shape index (κ3) is 3.13. The van der Waals surface area contributed by atoms with Crippen LogP contribution in [-0.4, -0.2) is 18.6 Å². The van der Waals surface area contributed by atoms with Gasteiger partial charge >= 0.3 is 6.03 Å². The lowest BCUT2D eigenvalue weighted by Gasteiger charge is -2.14. The summed E-state index contributed by atoms with van der Waals surface area (Å²) >= 11 is 0. The van der Waals surface area contributed by atoms with Crippen LogP contribution < -0.4 is 15.8 Å². The van der Waals surface area contributed by atoms with Gasteiger partial charge in [-0.1, -0.05) is 0 Å². The minimum absolute atomic E-state index is 0.0112. The number of halogens is 2. The number of urea groups is 1. The average Bonchev–Trinajstić information content (AvgIpc) is 2.84. The van der Waals surface area contributed by atoms with E-state index in [0.717, 1.165) is 11.1 Å². The topological polar surface area (TPSA) is 64.3 Å². The van der Waals surface area contributed by atoms with Gasteiger partial charge in [-0.05, 0) is 37.1 Å². The average molecular weight is 270 g/mol. The lowest BCUT2D eigenvalue weighted by Crippen LogP contribution is -2.19. The van der Waals surface area contributed by atoms with Gasteiger partial charge in [0.05, 0.1) is 12.5 Å². The van der Waals surface area contributed by atoms with E-state index < -0.39 is 17.9 Å². The largest absolute Gasteiger partial charge is 0.493 e. The van der Waals surface area contributed by atoms with E-state index in [1.807, 2.05) is 0 Å². The van der Waals surface area contributed by atoms with E-state index >= 15 is 0 Å². The zero-order valence-electron chi connectivity index (χ0n) is 10.8. The molecule has 1 fully saturated rings. The summed E-state index contributed by atoms with van der Waals surface area (Å²) in [7, 11) is 0. The second kappa shape index (κ2) is 4.68. The first-order valence-corrected chi connectivity index (χ1v) is 5.98. The monoisotopic (exact) mass is 270 g/mol. The van der Waals surface area contributed by atoms with Crippen LogP contribution in [0.25, 0.3) is 0 Å². The van der Waals surface area contributed by atoms with E-state index in [1.54, 1.807) is 26.0 Å². The van der Waals surface area contributed by atoms with Crippen LogP contribution in [0.15, 0.2) is 12.1 Å². The number of nitrogens with two attached hydrogens (primary N) is 1. The van der Waals surface area contributed by atoms with Gasteiger partial charge in [-0.15, -0.1) is 0 Å². The number of aryl methyl sites for hydroxylation is 2. The highest BCUT2D eigenvalue weighted by molar-refractivity contribution is 5.88. The van der Waals surface area contributed by atoms with Gasteiger partial charge in [0.25, 0.3) is 5.92 Å². The molecule has 0 bridgehead atoms. The number of carbonyl (C=O) groups is 1. The van der Waals surface area contributed by atoms with Crippen molar-refractivity contribution >= 4 is 11.7 Å². The Kier molecular flexibility index (Phi) is 3.34. The van der Waals surface area contributed by atoms with E-state index in [4.69, 9.17) is 10.5 Å². The summed E-state index contributed by atoms with van der Waals surface area (Å²) in [5.41, 5.74) is 7.14. The first-order chi connectivity index (χ1) is 8.79. The van der Waals surface area contributed by atoms with Crippen molar-refractivity contribution in [1.82, 2.24) is 0 Å². The van der Waals surface area contributed by atoms with Gasteiger partial charge in [0.1, 0.15) is 5.75 Å². The number of anilines is 1. The van der Waals surface area contributed by atoms with E-state index in [-0.39, 0.29) is 13.0 Å². The third-order valence-corrected chi connectivity index (χ3v) is 3.11. The molecule has 2 amide bonds. The molecule has 0 saturated heterocycles. The number of hydrogen-bond acceptors (Lipinski definition) is 2. The molecule has 1 atom stereocenters. The van der Waals surface area contributed by atoms with Gasteiger partial charge in [0, 0.05) is 12.1 Å². The van der Waals surface area contributed by atoms with Crippen molar-refractivity contribution in [3.05, 3.63) is 23.3 Å². The quantitative estimate of drug-likeness (QED) is 0.883. The molecule has 0 aliphatic heterocycles. The van der Waals surface area contributed by atoms with Crippen LogP contribution in [0.4, 0.5) is 19.3 Å². The summed E-state index contributed by atoms with van der Waals surface area (Å²) in [6, 6.07) is 2.74. The summed E-state index contributed by atoms with van der Waals surface area (Å²) in [6.45, 7) is 3.59. The predicted octanol–water partition coefficient (Wildman–Crippen LogP) is 2.83. The second-order valence-electron chi connectivity index (χ2n) is 4.90. The molecule has 2 rings (SSSR count). The van der Waals surface area contributed by atoms with Crippen LogP contribution in [0.2, 0.25) is 0 Å². The maximum atomic E-state index is 12.8. The Bertz CT molecular complexity index is 494. The van der Waals surface area contributed by atoms with Crippen LogP contribution in [0.3, 0.4) is 0 Å². The van der Waals surface area contributed by atoms with Gasteiger partial charge in [-0.2, -0.15) is 0 Å². The Labute approximate surface area is 109 Å². The molecule has 1 saturated carbocycles. The number of carbonyl (C=O) groups excluding carboxylic acids is 1. The molecule has 1 aliphatic carbocycles. The van der Waals surface area contributed by atoms with Crippen molar-refractivity contribution in [2.75, 3.05) is 11.9 Å². The molecular formula is C13H16F2N2O2. The molecule has 0 radical (unpaired) electrons. The Morgan fingerprint density at radius 2 is 2.00 bits per heavy atom. The van der Waals surface area contributed by atoms with Crippen LogP contribution in [0.5, 0.6) is 5.75 Å². The smallest absolute Gasteiger partial charge is 0.316 e. The number of ether oxygens (including phenoxy) is 1. The highest BCUT2D eigenvalue weighted by Crippen LogP contribution is 2.48. The molecule has 0 spiro atoms. The number of rotatable bonds is 4. The van der Waals surface area contributed by atoms with Gasteiger partial charge in [0.2, 0.25) is 0 Å². The van der Waals surface area contributed by atoms with Gasteiger partial charge in [-0.25, -0.2) is 13.6 Å². The normalized spacial score (nSPS) is 19.9. The molecular weight excluding hydrogens is 254 g/mol. The fourth-order valence-corrected chi connectivity index (χ4v) is 2.03. The van der Waals surface area contributed by atoms with Crippen molar-refractivity contribution in [3.8, 4) is 5.75 Å². The van der Waals surface area contributed by atoms with Crippen LogP contribution in [0.1, 0.15) is 17.5 Å². The number of amides is 2. The van der Waals surface area contributed by atoms with Gasteiger partial charge in [-0.3, -0.25) is 0 Å². The van der Waals surface area contributed by atoms with E-state index in [1.165, 1.54) is 0 Å².